The summed E-state index contributed by atoms with van der Waals surface area (Å²) in [7, 11) is 0. The van der Waals surface area contributed by atoms with Crippen molar-refractivity contribution in [3.63, 3.8) is 0 Å². The summed E-state index contributed by atoms with van der Waals surface area (Å²) in [5, 5.41) is 12.5. The van der Waals surface area contributed by atoms with Gasteiger partial charge in [0, 0.05) is 22.1 Å². The van der Waals surface area contributed by atoms with Crippen molar-refractivity contribution >= 4 is 53.9 Å². The van der Waals surface area contributed by atoms with E-state index in [2.05, 4.69) is 232 Å². The van der Waals surface area contributed by atoms with E-state index >= 15 is 0 Å². The number of nitrogens with zero attached hydrogens (tertiary/aromatic N) is 2. The number of aromatic nitrogens is 2. The van der Waals surface area contributed by atoms with Crippen molar-refractivity contribution in [2.45, 2.75) is 19.3 Å². The predicted molar refractivity (Wildman–Crippen MR) is 274 cm³/mol. The molecule has 0 unspecified atom stereocenters. The first-order valence-electron chi connectivity index (χ1n) is 22.6. The van der Waals surface area contributed by atoms with Crippen LogP contribution in [-0.2, 0) is 5.41 Å². The quantitative estimate of drug-likeness (QED) is 0.162. The molecule has 0 bridgehead atoms. The lowest BCUT2D eigenvalue weighted by molar-refractivity contribution is 0.660. The van der Waals surface area contributed by atoms with Crippen LogP contribution >= 0.6 is 0 Å². The summed E-state index contributed by atoms with van der Waals surface area (Å²) in [6.45, 7) is 4.67. The van der Waals surface area contributed by atoms with Gasteiger partial charge in [0.25, 0.3) is 0 Å². The summed E-state index contributed by atoms with van der Waals surface area (Å²) in [4.78, 5) is 10.9. The maximum atomic E-state index is 5.52. The topological polar surface area (TPSA) is 25.8 Å². The van der Waals surface area contributed by atoms with E-state index in [-0.39, 0.29) is 5.41 Å². The molecule has 11 aromatic carbocycles. The van der Waals surface area contributed by atoms with E-state index < -0.39 is 0 Å². The number of rotatable bonds is 5. The molecule has 304 valence electrons. The van der Waals surface area contributed by atoms with Crippen LogP contribution in [0, 0.1) is 0 Å². The maximum absolute atomic E-state index is 5.52. The lowest BCUT2D eigenvalue weighted by Gasteiger charge is -2.22. The van der Waals surface area contributed by atoms with Crippen molar-refractivity contribution in [1.82, 2.24) is 9.97 Å². The highest BCUT2D eigenvalue weighted by molar-refractivity contribution is 6.26. The average molecular weight is 827 g/mol. The molecule has 0 amide bonds. The van der Waals surface area contributed by atoms with Crippen LogP contribution in [0.5, 0.6) is 0 Å². The Morgan fingerprint density at radius 2 is 0.800 bits per heavy atom. The van der Waals surface area contributed by atoms with E-state index in [1.807, 2.05) is 0 Å². The average Bonchev–Trinajstić information content (AvgIpc) is 3.61. The smallest absolute Gasteiger partial charge is 0.160 e. The summed E-state index contributed by atoms with van der Waals surface area (Å²) in [6.07, 6.45) is 0. The van der Waals surface area contributed by atoms with Gasteiger partial charge >= 0.3 is 0 Å². The Morgan fingerprint density at radius 1 is 0.277 bits per heavy atom. The summed E-state index contributed by atoms with van der Waals surface area (Å²) in [6, 6.07) is 79.9. The summed E-state index contributed by atoms with van der Waals surface area (Å²) in [5.41, 5.74) is 14.6. The van der Waals surface area contributed by atoms with Gasteiger partial charge in [-0.1, -0.05) is 190 Å². The minimum absolute atomic E-state index is 0.136. The molecule has 1 aromatic heterocycles. The van der Waals surface area contributed by atoms with E-state index in [0.29, 0.717) is 5.82 Å². The van der Waals surface area contributed by atoms with E-state index in [1.54, 1.807) is 0 Å². The van der Waals surface area contributed by atoms with Gasteiger partial charge in [-0.25, -0.2) is 9.97 Å². The fraction of sp³-hybridized carbons (Fsp3) is 0.0476. The van der Waals surface area contributed by atoms with E-state index in [1.165, 1.54) is 81.7 Å². The van der Waals surface area contributed by atoms with Crippen LogP contribution in [0.25, 0.3) is 121 Å². The number of hydrogen-bond acceptors (Lipinski definition) is 2. The Labute approximate surface area is 378 Å². The van der Waals surface area contributed by atoms with Gasteiger partial charge < -0.3 is 0 Å². The van der Waals surface area contributed by atoms with E-state index in [0.717, 1.165) is 44.8 Å². The highest BCUT2D eigenvalue weighted by Crippen LogP contribution is 2.50. The monoisotopic (exact) mass is 826 g/mol. The van der Waals surface area contributed by atoms with Crippen LogP contribution in [-0.4, -0.2) is 9.97 Å². The highest BCUT2D eigenvalue weighted by Gasteiger charge is 2.35. The van der Waals surface area contributed by atoms with E-state index in [4.69, 9.17) is 9.97 Å². The van der Waals surface area contributed by atoms with Gasteiger partial charge in [0.15, 0.2) is 5.82 Å². The second-order valence-corrected chi connectivity index (χ2v) is 18.1. The van der Waals surface area contributed by atoms with Crippen molar-refractivity contribution in [3.8, 4) is 67.3 Å². The molecule has 13 rings (SSSR count). The normalized spacial score (nSPS) is 12.9. The molecule has 2 nitrogen and oxygen atoms in total. The predicted octanol–water partition coefficient (Wildman–Crippen LogP) is 16.9. The largest absolute Gasteiger partial charge is 0.228 e. The zero-order valence-corrected chi connectivity index (χ0v) is 36.2. The summed E-state index contributed by atoms with van der Waals surface area (Å²) < 4.78 is 0. The van der Waals surface area contributed by atoms with Crippen LogP contribution in [0.15, 0.2) is 218 Å². The number of fused-ring (bicyclic) bond motifs is 12. The molecule has 0 radical (unpaired) electrons. The van der Waals surface area contributed by atoms with Gasteiger partial charge in [0.1, 0.15) is 0 Å². The van der Waals surface area contributed by atoms with Gasteiger partial charge in [-0.15, -0.1) is 0 Å². The molecule has 0 aliphatic heterocycles. The third kappa shape index (κ3) is 5.95. The van der Waals surface area contributed by atoms with Crippen LogP contribution in [0.4, 0.5) is 0 Å². The van der Waals surface area contributed by atoms with Crippen LogP contribution < -0.4 is 0 Å². The van der Waals surface area contributed by atoms with Crippen LogP contribution in [0.2, 0.25) is 0 Å². The fourth-order valence-corrected chi connectivity index (χ4v) is 10.8. The standard InChI is InChI=1S/C63H42N2/c1-63(2)58-27-15-14-26-54(58)55-31-29-42(37-59(55)63)61-38-60(39-16-4-3-5-17-39)64-62(65-61)45-33-43(32-44(34-45)56-36-41-18-6-7-19-46(41)47-20-8-12-24-51(47)56)40-28-30-53-50-23-10-9-21-48(50)49-22-11-13-25-52(49)57(53)35-40/h3-38H,1-2H3. The maximum Gasteiger partial charge on any atom is 0.160 e. The fourth-order valence-electron chi connectivity index (χ4n) is 10.8. The van der Waals surface area contributed by atoms with Gasteiger partial charge in [0.2, 0.25) is 0 Å². The van der Waals surface area contributed by atoms with Crippen molar-refractivity contribution < 1.29 is 0 Å². The van der Waals surface area contributed by atoms with Crippen molar-refractivity contribution in [2.75, 3.05) is 0 Å². The molecule has 0 saturated heterocycles. The lowest BCUT2D eigenvalue weighted by atomic mass is 9.82. The van der Waals surface area contributed by atoms with Gasteiger partial charge in [-0.2, -0.15) is 0 Å². The Morgan fingerprint density at radius 3 is 1.54 bits per heavy atom. The van der Waals surface area contributed by atoms with Crippen molar-refractivity contribution in [1.29, 1.82) is 0 Å². The molecular formula is C63H42N2. The molecule has 12 aromatic rings. The summed E-state index contributed by atoms with van der Waals surface area (Å²) in [5.74, 6) is 0.690. The Bertz CT molecular complexity index is 3880. The summed E-state index contributed by atoms with van der Waals surface area (Å²) >= 11 is 0. The molecule has 0 fully saturated rings. The zero-order valence-electron chi connectivity index (χ0n) is 36.2. The Hall–Kier alpha value is -8.20. The SMILES string of the molecule is CC1(C)c2ccccc2-c2ccc(-c3cc(-c4ccccc4)nc(-c4cc(-c5ccc6c7ccccc7c7ccccc7c6c5)cc(-c5cc6ccccc6c6ccccc56)c4)n3)cc21. The molecule has 0 atom stereocenters. The minimum atomic E-state index is -0.136. The highest BCUT2D eigenvalue weighted by atomic mass is 14.9. The van der Waals surface area contributed by atoms with Crippen molar-refractivity contribution in [2.24, 2.45) is 0 Å². The number of benzene rings is 11. The first-order valence-corrected chi connectivity index (χ1v) is 22.6. The molecule has 0 spiro atoms. The third-order valence-electron chi connectivity index (χ3n) is 14.0. The first kappa shape index (κ1) is 37.4. The van der Waals surface area contributed by atoms with Gasteiger partial charge in [-0.05, 0) is 141 Å². The van der Waals surface area contributed by atoms with E-state index in [9.17, 15) is 0 Å². The molecule has 1 heterocycles. The molecule has 0 saturated carbocycles. The Kier molecular flexibility index (Phi) is 8.29. The Balaban J connectivity index is 1.07. The molecule has 65 heavy (non-hydrogen) atoms. The molecular weight excluding hydrogens is 785 g/mol. The third-order valence-corrected chi connectivity index (χ3v) is 14.0. The first-order chi connectivity index (χ1) is 32.0. The molecule has 1 aliphatic carbocycles. The molecule has 1 aliphatic rings. The second-order valence-electron chi connectivity index (χ2n) is 18.1. The number of hydrogen-bond donors (Lipinski definition) is 0. The minimum Gasteiger partial charge on any atom is -0.228 e. The lowest BCUT2D eigenvalue weighted by Crippen LogP contribution is -2.14. The van der Waals surface area contributed by atoms with Crippen LogP contribution in [0.3, 0.4) is 0 Å². The van der Waals surface area contributed by atoms with Gasteiger partial charge in [-0.3, -0.25) is 0 Å². The van der Waals surface area contributed by atoms with Crippen LogP contribution in [0.1, 0.15) is 25.0 Å². The van der Waals surface area contributed by atoms with Gasteiger partial charge in [0.05, 0.1) is 11.4 Å². The second kappa shape index (κ2) is 14.4. The molecule has 0 N–H and O–H groups in total. The van der Waals surface area contributed by atoms with Crippen molar-refractivity contribution in [3.05, 3.63) is 230 Å². The zero-order chi connectivity index (χ0) is 43.2. The molecule has 2 heteroatoms.